The number of hydrogen-bond acceptors (Lipinski definition) is 2. The van der Waals surface area contributed by atoms with E-state index >= 15 is 0 Å². The first-order valence-electron chi connectivity index (χ1n) is 6.45. The normalized spacial score (nSPS) is 11.7. The van der Waals surface area contributed by atoms with Crippen molar-refractivity contribution in [2.45, 2.75) is 19.3 Å². The van der Waals surface area contributed by atoms with E-state index < -0.39 is 5.92 Å². The van der Waals surface area contributed by atoms with Crippen LogP contribution in [-0.4, -0.2) is 5.78 Å². The van der Waals surface area contributed by atoms with Gasteiger partial charge in [0.05, 0.1) is 6.07 Å². The SMILES string of the molecule is CCc1ccccc1C(=O)C(C#N)c1ccccc1Br. The van der Waals surface area contributed by atoms with Gasteiger partial charge in [-0.3, -0.25) is 4.79 Å². The zero-order valence-electron chi connectivity index (χ0n) is 11.1. The van der Waals surface area contributed by atoms with Crippen molar-refractivity contribution in [2.75, 3.05) is 0 Å². The Hall–Kier alpha value is -1.92. The quantitative estimate of drug-likeness (QED) is 0.775. The summed E-state index contributed by atoms with van der Waals surface area (Å²) in [6.07, 6.45) is 0.774. The zero-order valence-corrected chi connectivity index (χ0v) is 12.7. The number of nitriles is 1. The van der Waals surface area contributed by atoms with Gasteiger partial charge in [-0.05, 0) is 23.6 Å². The summed E-state index contributed by atoms with van der Waals surface area (Å²) in [6, 6.07) is 17.0. The van der Waals surface area contributed by atoms with Crippen molar-refractivity contribution >= 4 is 21.7 Å². The Morgan fingerprint density at radius 1 is 1.20 bits per heavy atom. The summed E-state index contributed by atoms with van der Waals surface area (Å²) >= 11 is 3.41. The largest absolute Gasteiger partial charge is 0.292 e. The van der Waals surface area contributed by atoms with Gasteiger partial charge in [0.2, 0.25) is 0 Å². The van der Waals surface area contributed by atoms with Gasteiger partial charge < -0.3 is 0 Å². The van der Waals surface area contributed by atoms with E-state index in [9.17, 15) is 10.1 Å². The third-order valence-corrected chi connectivity index (χ3v) is 3.99. The summed E-state index contributed by atoms with van der Waals surface area (Å²) in [4.78, 5) is 12.7. The summed E-state index contributed by atoms with van der Waals surface area (Å²) in [6.45, 7) is 2.01. The Labute approximate surface area is 127 Å². The number of hydrogen-bond donors (Lipinski definition) is 0. The van der Waals surface area contributed by atoms with Crippen LogP contribution >= 0.6 is 15.9 Å². The standard InChI is InChI=1S/C17H14BrNO/c1-2-12-7-3-4-8-13(12)17(20)15(11-19)14-9-5-6-10-16(14)18/h3-10,15H,2H2,1H3. The van der Waals surface area contributed by atoms with Crippen LogP contribution in [0.25, 0.3) is 0 Å². The van der Waals surface area contributed by atoms with Crippen molar-refractivity contribution < 1.29 is 4.79 Å². The van der Waals surface area contributed by atoms with Crippen LogP contribution in [0, 0.1) is 11.3 Å². The molecule has 3 heteroatoms. The molecule has 0 aromatic heterocycles. The molecular weight excluding hydrogens is 314 g/mol. The molecule has 0 amide bonds. The minimum absolute atomic E-state index is 0.142. The summed E-state index contributed by atoms with van der Waals surface area (Å²) in [5, 5.41) is 9.41. The predicted octanol–water partition coefficient (Wildman–Crippen LogP) is 4.50. The molecule has 1 unspecified atom stereocenters. The molecule has 100 valence electrons. The number of aryl methyl sites for hydroxylation is 1. The molecule has 0 saturated heterocycles. The third-order valence-electron chi connectivity index (χ3n) is 3.27. The topological polar surface area (TPSA) is 40.9 Å². The lowest BCUT2D eigenvalue weighted by molar-refractivity contribution is 0.0978. The lowest BCUT2D eigenvalue weighted by Gasteiger charge is -2.13. The number of halogens is 1. The monoisotopic (exact) mass is 327 g/mol. The molecule has 0 bridgehead atoms. The first-order chi connectivity index (χ1) is 9.69. The summed E-state index contributed by atoms with van der Waals surface area (Å²) in [5.74, 6) is -0.921. The minimum atomic E-state index is -0.779. The van der Waals surface area contributed by atoms with E-state index in [-0.39, 0.29) is 5.78 Å². The maximum absolute atomic E-state index is 12.7. The van der Waals surface area contributed by atoms with E-state index in [1.807, 2.05) is 49.4 Å². The van der Waals surface area contributed by atoms with Gasteiger partial charge in [-0.25, -0.2) is 0 Å². The van der Waals surface area contributed by atoms with E-state index in [0.29, 0.717) is 11.1 Å². The smallest absolute Gasteiger partial charge is 0.184 e. The third kappa shape index (κ3) is 2.81. The second-order valence-corrected chi connectivity index (χ2v) is 5.31. The van der Waals surface area contributed by atoms with Crippen molar-refractivity contribution in [3.05, 3.63) is 69.7 Å². The van der Waals surface area contributed by atoms with Gasteiger partial charge in [-0.15, -0.1) is 0 Å². The summed E-state index contributed by atoms with van der Waals surface area (Å²) < 4.78 is 0.786. The fraction of sp³-hybridized carbons (Fsp3) is 0.176. The number of nitrogens with zero attached hydrogens (tertiary/aromatic N) is 1. The number of ketones is 1. The van der Waals surface area contributed by atoms with Crippen molar-refractivity contribution in [3.63, 3.8) is 0 Å². The Balaban J connectivity index is 2.46. The van der Waals surface area contributed by atoms with Crippen molar-refractivity contribution in [2.24, 2.45) is 0 Å². The molecule has 1 atom stereocenters. The van der Waals surface area contributed by atoms with Crippen molar-refractivity contribution in [1.29, 1.82) is 5.26 Å². The van der Waals surface area contributed by atoms with Crippen LogP contribution in [0.15, 0.2) is 53.0 Å². The lowest BCUT2D eigenvalue weighted by Crippen LogP contribution is -2.13. The average molecular weight is 328 g/mol. The molecule has 0 aliphatic heterocycles. The number of Topliss-reactive ketones (excluding diaryl/α,β-unsaturated/α-hetero) is 1. The number of carbonyl (C=O) groups excluding carboxylic acids is 1. The first kappa shape index (κ1) is 14.5. The molecule has 0 aliphatic rings. The van der Waals surface area contributed by atoms with Crippen LogP contribution < -0.4 is 0 Å². The predicted molar refractivity (Wildman–Crippen MR) is 82.6 cm³/mol. The van der Waals surface area contributed by atoms with Gasteiger partial charge in [0.25, 0.3) is 0 Å². The molecule has 0 heterocycles. The van der Waals surface area contributed by atoms with E-state index in [4.69, 9.17) is 0 Å². The van der Waals surface area contributed by atoms with Crippen LogP contribution in [0.2, 0.25) is 0 Å². The zero-order chi connectivity index (χ0) is 14.5. The van der Waals surface area contributed by atoms with Crippen LogP contribution in [-0.2, 0) is 6.42 Å². The molecule has 0 N–H and O–H groups in total. The lowest BCUT2D eigenvalue weighted by atomic mass is 9.89. The molecule has 2 rings (SSSR count). The Morgan fingerprint density at radius 3 is 2.50 bits per heavy atom. The number of carbonyl (C=O) groups is 1. The van der Waals surface area contributed by atoms with Gasteiger partial charge in [-0.2, -0.15) is 5.26 Å². The first-order valence-corrected chi connectivity index (χ1v) is 7.24. The van der Waals surface area contributed by atoms with Gasteiger partial charge in [0, 0.05) is 10.0 Å². The van der Waals surface area contributed by atoms with E-state index in [0.717, 1.165) is 16.5 Å². The molecule has 2 nitrogen and oxygen atoms in total. The van der Waals surface area contributed by atoms with Crippen molar-refractivity contribution in [3.8, 4) is 6.07 Å². The van der Waals surface area contributed by atoms with Crippen molar-refractivity contribution in [1.82, 2.24) is 0 Å². The molecule has 2 aromatic carbocycles. The van der Waals surface area contributed by atoms with Crippen LogP contribution in [0.1, 0.15) is 34.3 Å². The second-order valence-electron chi connectivity index (χ2n) is 4.46. The highest BCUT2D eigenvalue weighted by atomic mass is 79.9. The highest BCUT2D eigenvalue weighted by Crippen LogP contribution is 2.28. The van der Waals surface area contributed by atoms with Gasteiger partial charge in [0.15, 0.2) is 5.78 Å². The Bertz CT molecular complexity index is 673. The highest BCUT2D eigenvalue weighted by molar-refractivity contribution is 9.10. The maximum Gasteiger partial charge on any atom is 0.184 e. The van der Waals surface area contributed by atoms with E-state index in [2.05, 4.69) is 22.0 Å². The molecular formula is C17H14BrNO. The highest BCUT2D eigenvalue weighted by Gasteiger charge is 2.24. The fourth-order valence-corrected chi connectivity index (χ4v) is 2.72. The minimum Gasteiger partial charge on any atom is -0.292 e. The summed E-state index contributed by atoms with van der Waals surface area (Å²) in [5.41, 5.74) is 2.33. The number of rotatable bonds is 4. The summed E-state index contributed by atoms with van der Waals surface area (Å²) in [7, 11) is 0. The van der Waals surface area contributed by atoms with Gasteiger partial charge in [0.1, 0.15) is 5.92 Å². The molecule has 0 aliphatic carbocycles. The van der Waals surface area contributed by atoms with Gasteiger partial charge in [-0.1, -0.05) is 65.3 Å². The molecule has 0 fully saturated rings. The molecule has 0 radical (unpaired) electrons. The fourth-order valence-electron chi connectivity index (χ4n) is 2.20. The second kappa shape index (κ2) is 6.49. The molecule has 0 spiro atoms. The van der Waals surface area contributed by atoms with Crippen LogP contribution in [0.3, 0.4) is 0 Å². The molecule has 20 heavy (non-hydrogen) atoms. The van der Waals surface area contributed by atoms with Gasteiger partial charge >= 0.3 is 0 Å². The molecule has 0 saturated carbocycles. The maximum atomic E-state index is 12.7. The van der Waals surface area contributed by atoms with Crippen LogP contribution in [0.5, 0.6) is 0 Å². The van der Waals surface area contributed by atoms with E-state index in [1.165, 1.54) is 0 Å². The van der Waals surface area contributed by atoms with E-state index in [1.54, 1.807) is 6.07 Å². The Kier molecular flexibility index (Phi) is 4.70. The molecule has 2 aromatic rings. The average Bonchev–Trinajstić information content (AvgIpc) is 2.49. The Morgan fingerprint density at radius 2 is 1.85 bits per heavy atom. The number of benzene rings is 2. The van der Waals surface area contributed by atoms with Crippen LogP contribution in [0.4, 0.5) is 0 Å².